The van der Waals surface area contributed by atoms with Crippen LogP contribution in [-0.2, 0) is 4.79 Å². The number of methoxy groups -OCH3 is 3. The number of amides is 2. The van der Waals surface area contributed by atoms with Crippen molar-refractivity contribution in [2.45, 2.75) is 0 Å². The van der Waals surface area contributed by atoms with Crippen molar-refractivity contribution in [3.05, 3.63) is 115 Å². The van der Waals surface area contributed by atoms with Gasteiger partial charge in [-0.1, -0.05) is 45.7 Å². The van der Waals surface area contributed by atoms with Crippen molar-refractivity contribution < 1.29 is 33.3 Å². The van der Waals surface area contributed by atoms with E-state index in [2.05, 4.69) is 47.7 Å². The molecule has 0 aliphatic heterocycles. The van der Waals surface area contributed by atoms with Crippen LogP contribution in [0.2, 0.25) is 5.02 Å². The van der Waals surface area contributed by atoms with Crippen LogP contribution in [0.25, 0.3) is 6.08 Å². The van der Waals surface area contributed by atoms with Crippen LogP contribution in [0.3, 0.4) is 0 Å². The lowest BCUT2D eigenvalue weighted by atomic mass is 10.1. The Morgan fingerprint density at radius 2 is 1.50 bits per heavy atom. The zero-order valence-electron chi connectivity index (χ0n) is 24.6. The van der Waals surface area contributed by atoms with Crippen LogP contribution < -0.4 is 29.7 Å². The van der Waals surface area contributed by atoms with Gasteiger partial charge in [-0.15, -0.1) is 0 Å². The van der Waals surface area contributed by atoms with Crippen molar-refractivity contribution in [2.75, 3.05) is 26.6 Å². The van der Waals surface area contributed by atoms with Crippen LogP contribution >= 0.6 is 43.5 Å². The molecule has 236 valence electrons. The molecular formula is C33H26Br2ClN3O7. The summed E-state index contributed by atoms with van der Waals surface area (Å²) in [6, 6.07) is 19.7. The van der Waals surface area contributed by atoms with E-state index in [0.717, 1.165) is 5.56 Å². The normalized spacial score (nSPS) is 10.9. The number of anilines is 1. The highest BCUT2D eigenvalue weighted by atomic mass is 79.9. The van der Waals surface area contributed by atoms with E-state index in [-0.39, 0.29) is 16.9 Å². The van der Waals surface area contributed by atoms with Crippen LogP contribution in [0.1, 0.15) is 31.8 Å². The first-order valence-corrected chi connectivity index (χ1v) is 15.3. The monoisotopic (exact) mass is 769 g/mol. The van der Waals surface area contributed by atoms with Crippen molar-refractivity contribution in [1.29, 1.82) is 0 Å². The fourth-order valence-corrected chi connectivity index (χ4v) is 5.50. The van der Waals surface area contributed by atoms with Crippen LogP contribution in [0.15, 0.2) is 92.9 Å². The van der Waals surface area contributed by atoms with Crippen molar-refractivity contribution in [3.63, 3.8) is 0 Å². The number of hydrazone groups is 1. The smallest absolute Gasteiger partial charge is 0.336 e. The van der Waals surface area contributed by atoms with Gasteiger partial charge >= 0.3 is 5.97 Å². The Hall–Kier alpha value is -4.65. The van der Waals surface area contributed by atoms with E-state index in [1.165, 1.54) is 51.8 Å². The Bertz CT molecular complexity index is 1800. The molecule has 0 heterocycles. The summed E-state index contributed by atoms with van der Waals surface area (Å²) in [6.45, 7) is 0. The summed E-state index contributed by atoms with van der Waals surface area (Å²) in [5, 5.41) is 7.39. The number of nitrogens with zero attached hydrogens (tertiary/aromatic N) is 1. The summed E-state index contributed by atoms with van der Waals surface area (Å²) < 4.78 is 22.7. The van der Waals surface area contributed by atoms with Crippen LogP contribution in [0, 0.1) is 0 Å². The van der Waals surface area contributed by atoms with Gasteiger partial charge in [-0.3, -0.25) is 9.59 Å². The van der Waals surface area contributed by atoms with Gasteiger partial charge in [0.1, 0.15) is 0 Å². The minimum absolute atomic E-state index is 0.198. The summed E-state index contributed by atoms with van der Waals surface area (Å²) >= 11 is 12.7. The lowest BCUT2D eigenvalue weighted by molar-refractivity contribution is -0.128. The van der Waals surface area contributed by atoms with Crippen LogP contribution in [-0.4, -0.2) is 45.3 Å². The number of hydrogen-bond donors (Lipinski definition) is 2. The summed E-state index contributed by atoms with van der Waals surface area (Å²) in [5.41, 5.74) is 4.48. The van der Waals surface area contributed by atoms with Gasteiger partial charge < -0.3 is 24.3 Å². The van der Waals surface area contributed by atoms with Crippen molar-refractivity contribution in [3.8, 4) is 23.0 Å². The first-order chi connectivity index (χ1) is 22.1. The molecule has 4 rings (SSSR count). The number of ether oxygens (including phenoxy) is 4. The molecule has 10 nitrogen and oxygen atoms in total. The van der Waals surface area contributed by atoms with E-state index < -0.39 is 17.8 Å². The largest absolute Gasteiger partial charge is 0.493 e. The van der Waals surface area contributed by atoms with Gasteiger partial charge in [0.2, 0.25) is 5.75 Å². The molecule has 2 amide bonds. The maximum absolute atomic E-state index is 13.0. The number of halogens is 3. The number of hydrogen-bond acceptors (Lipinski definition) is 8. The van der Waals surface area contributed by atoms with Crippen LogP contribution in [0.5, 0.6) is 23.0 Å². The Morgan fingerprint density at radius 3 is 2.15 bits per heavy atom. The first-order valence-electron chi connectivity index (χ1n) is 13.3. The Labute approximate surface area is 286 Å². The molecule has 13 heteroatoms. The molecule has 0 aliphatic carbocycles. The zero-order valence-corrected chi connectivity index (χ0v) is 28.5. The molecule has 0 saturated carbocycles. The number of benzene rings is 4. The molecule has 0 radical (unpaired) electrons. The van der Waals surface area contributed by atoms with Gasteiger partial charge in [0.15, 0.2) is 17.2 Å². The fourth-order valence-electron chi connectivity index (χ4n) is 4.04. The molecule has 0 saturated heterocycles. The Morgan fingerprint density at radius 1 is 0.804 bits per heavy atom. The van der Waals surface area contributed by atoms with Crippen LogP contribution in [0.4, 0.5) is 5.69 Å². The maximum atomic E-state index is 13.0. The molecule has 0 aromatic heterocycles. The second-order valence-corrected chi connectivity index (χ2v) is 11.5. The average Bonchev–Trinajstić information content (AvgIpc) is 3.05. The Kier molecular flexibility index (Phi) is 12.0. The van der Waals surface area contributed by atoms with E-state index in [9.17, 15) is 14.4 Å². The van der Waals surface area contributed by atoms with Crippen molar-refractivity contribution in [1.82, 2.24) is 5.43 Å². The zero-order chi connectivity index (χ0) is 33.2. The average molecular weight is 772 g/mol. The second-order valence-electron chi connectivity index (χ2n) is 9.26. The second kappa shape index (κ2) is 16.1. The van der Waals surface area contributed by atoms with E-state index in [1.54, 1.807) is 60.7 Å². The molecular weight excluding hydrogens is 746 g/mol. The lowest BCUT2D eigenvalue weighted by Gasteiger charge is -2.14. The first kappa shape index (κ1) is 34.2. The van der Waals surface area contributed by atoms with Gasteiger partial charge in [-0.2, -0.15) is 5.10 Å². The topological polar surface area (TPSA) is 125 Å². The molecule has 0 aliphatic rings. The summed E-state index contributed by atoms with van der Waals surface area (Å²) in [7, 11) is 4.37. The van der Waals surface area contributed by atoms with E-state index in [1.807, 2.05) is 0 Å². The van der Waals surface area contributed by atoms with E-state index in [0.29, 0.717) is 42.5 Å². The molecule has 4 aromatic carbocycles. The molecule has 0 unspecified atom stereocenters. The number of carbonyl (C=O) groups excluding carboxylic acids is 3. The maximum Gasteiger partial charge on any atom is 0.336 e. The van der Waals surface area contributed by atoms with E-state index >= 15 is 0 Å². The van der Waals surface area contributed by atoms with Gasteiger partial charge in [0, 0.05) is 37.9 Å². The van der Waals surface area contributed by atoms with Crippen molar-refractivity contribution in [2.24, 2.45) is 5.10 Å². The highest BCUT2D eigenvalue weighted by Gasteiger charge is 2.18. The summed E-state index contributed by atoms with van der Waals surface area (Å²) in [5.74, 6) is -0.429. The predicted octanol–water partition coefficient (Wildman–Crippen LogP) is 7.53. The Balaban J connectivity index is 1.45. The fraction of sp³-hybridized carbons (Fsp3) is 0.0909. The van der Waals surface area contributed by atoms with E-state index in [4.69, 9.17) is 30.5 Å². The highest BCUT2D eigenvalue weighted by Crippen LogP contribution is 2.38. The van der Waals surface area contributed by atoms with Gasteiger partial charge in [-0.05, 0) is 82.2 Å². The molecule has 46 heavy (non-hydrogen) atoms. The molecule has 2 N–H and O–H groups in total. The predicted molar refractivity (Wildman–Crippen MR) is 184 cm³/mol. The molecule has 0 spiro atoms. The number of nitrogens with one attached hydrogen (secondary N) is 2. The highest BCUT2D eigenvalue weighted by molar-refractivity contribution is 9.11. The third kappa shape index (κ3) is 8.96. The minimum Gasteiger partial charge on any atom is -0.493 e. The standard InChI is InChI=1S/C33H26Br2ClN3O7/c1-43-27-15-21(16-28(44-2)31(27)45-3)32(41)38-25-6-4-5-20(14-25)33(42)39-37-18-22-13-23(34)17-26(35)30(22)46-29(40)12-9-19-7-10-24(36)11-8-19/h4-18H,1-3H3,(H,38,41)(H,39,42)/b12-9+,37-18?. The molecule has 4 aromatic rings. The third-order valence-corrected chi connectivity index (χ3v) is 7.50. The number of carbonyl (C=O) groups is 3. The summed E-state index contributed by atoms with van der Waals surface area (Å²) in [6.07, 6.45) is 4.23. The van der Waals surface area contributed by atoms with Crippen molar-refractivity contribution >= 4 is 79.2 Å². The summed E-state index contributed by atoms with van der Waals surface area (Å²) in [4.78, 5) is 38.5. The minimum atomic E-state index is -0.623. The molecule has 0 atom stereocenters. The third-order valence-electron chi connectivity index (χ3n) is 6.20. The molecule has 0 fully saturated rings. The quantitative estimate of drug-likeness (QED) is 0.0532. The van der Waals surface area contributed by atoms with Gasteiger partial charge in [-0.25, -0.2) is 10.2 Å². The number of rotatable bonds is 11. The lowest BCUT2D eigenvalue weighted by Crippen LogP contribution is -2.18. The van der Waals surface area contributed by atoms with Gasteiger partial charge in [0.25, 0.3) is 11.8 Å². The van der Waals surface area contributed by atoms with Gasteiger partial charge in [0.05, 0.1) is 32.0 Å². The molecule has 0 bridgehead atoms. The number of esters is 1. The SMILES string of the molecule is COc1cc(C(=O)Nc2cccc(C(=O)NN=Cc3cc(Br)cc(Br)c3OC(=O)/C=C/c3ccc(Cl)cc3)c2)cc(OC)c1OC.